The van der Waals surface area contributed by atoms with E-state index in [4.69, 9.17) is 18.9 Å². The number of cyclic esters (lactones) is 1. The summed E-state index contributed by atoms with van der Waals surface area (Å²) in [6, 6.07) is 0. The molecule has 0 unspecified atom stereocenters. The minimum absolute atomic E-state index is 0.0276. The molecule has 8 atom stereocenters. The van der Waals surface area contributed by atoms with Crippen molar-refractivity contribution in [2.45, 2.75) is 97.3 Å². The topological polar surface area (TPSA) is 149 Å². The van der Waals surface area contributed by atoms with Crippen molar-refractivity contribution in [3.63, 3.8) is 0 Å². The lowest BCUT2D eigenvalue weighted by atomic mass is 9.97. The predicted molar refractivity (Wildman–Crippen MR) is 133 cm³/mol. The van der Waals surface area contributed by atoms with Crippen molar-refractivity contribution in [3.05, 3.63) is 35.5 Å². The van der Waals surface area contributed by atoms with Gasteiger partial charge in [0.2, 0.25) is 0 Å². The number of rotatable bonds is 7. The summed E-state index contributed by atoms with van der Waals surface area (Å²) in [5.74, 6) is -2.53. The van der Waals surface area contributed by atoms with Crippen LogP contribution >= 0.6 is 0 Å². The average molecular weight is 525 g/mol. The molecule has 2 aliphatic heterocycles. The summed E-state index contributed by atoms with van der Waals surface area (Å²) < 4.78 is 22.7. The van der Waals surface area contributed by atoms with E-state index in [0.717, 1.165) is 11.6 Å². The predicted octanol–water partition coefficient (Wildman–Crippen LogP) is 1.76. The molecule has 10 nitrogen and oxygen atoms in total. The van der Waals surface area contributed by atoms with Gasteiger partial charge in [0.05, 0.1) is 12.5 Å². The van der Waals surface area contributed by atoms with Gasteiger partial charge < -0.3 is 34.3 Å². The molecule has 2 rings (SSSR count). The van der Waals surface area contributed by atoms with Crippen molar-refractivity contribution < 1.29 is 48.7 Å². The Hall–Kier alpha value is -2.37. The van der Waals surface area contributed by atoms with Crippen LogP contribution in [0.15, 0.2) is 35.5 Å². The first kappa shape index (κ1) is 30.9. The quantitative estimate of drug-likeness (QED) is 0.332. The summed E-state index contributed by atoms with van der Waals surface area (Å²) in [5, 5.41) is 30.1. The monoisotopic (exact) mass is 524 g/mol. The zero-order valence-corrected chi connectivity index (χ0v) is 22.3. The fourth-order valence-electron chi connectivity index (χ4n) is 3.91. The second-order valence-corrected chi connectivity index (χ2v) is 9.96. The number of aliphatic hydroxyl groups is 3. The van der Waals surface area contributed by atoms with Gasteiger partial charge in [-0.2, -0.15) is 0 Å². The molecular weight excluding hydrogens is 484 g/mol. The molecule has 0 bridgehead atoms. The molecule has 0 aromatic rings. The van der Waals surface area contributed by atoms with Gasteiger partial charge in [-0.15, -0.1) is 0 Å². The molecular formula is C27H40O10. The van der Waals surface area contributed by atoms with Gasteiger partial charge in [-0.25, -0.2) is 0 Å². The van der Waals surface area contributed by atoms with Crippen LogP contribution in [0.1, 0.15) is 54.4 Å². The van der Waals surface area contributed by atoms with E-state index in [0.29, 0.717) is 5.57 Å². The van der Waals surface area contributed by atoms with Gasteiger partial charge in [-0.05, 0) is 50.8 Å². The van der Waals surface area contributed by atoms with Gasteiger partial charge in [0.25, 0.3) is 0 Å². The molecule has 10 heteroatoms. The van der Waals surface area contributed by atoms with E-state index in [1.165, 1.54) is 6.08 Å². The molecule has 2 aliphatic rings. The minimum atomic E-state index is -1.51. The van der Waals surface area contributed by atoms with E-state index in [-0.39, 0.29) is 18.8 Å². The molecule has 208 valence electrons. The van der Waals surface area contributed by atoms with Crippen LogP contribution in [-0.2, 0) is 33.3 Å². The smallest absolute Gasteiger partial charge is 0.313 e. The van der Waals surface area contributed by atoms with Crippen LogP contribution in [0.3, 0.4) is 0 Å². The summed E-state index contributed by atoms with van der Waals surface area (Å²) in [4.78, 5) is 38.5. The van der Waals surface area contributed by atoms with Gasteiger partial charge in [-0.1, -0.05) is 32.1 Å². The maximum atomic E-state index is 13.3. The summed E-state index contributed by atoms with van der Waals surface area (Å²) in [6.07, 6.45) is -2.26. The van der Waals surface area contributed by atoms with Gasteiger partial charge in [0.15, 0.2) is 18.2 Å². The molecule has 0 amide bonds. The number of carbonyl (C=O) groups is 3. The van der Waals surface area contributed by atoms with Crippen LogP contribution in [0.4, 0.5) is 0 Å². The number of esters is 2. The third-order valence-corrected chi connectivity index (χ3v) is 6.41. The van der Waals surface area contributed by atoms with Gasteiger partial charge in [0, 0.05) is 12.8 Å². The number of ether oxygens (including phenoxy) is 4. The molecule has 1 saturated heterocycles. The number of hydrogen-bond donors (Lipinski definition) is 3. The number of aliphatic hydroxyl groups excluding tert-OH is 3. The standard InChI is InChI=1S/C27H40O10/c1-7-15(4)19-11-9-16(5)24(37-27-23(32)22(31)20(13-28)35-27)25(36-21(30)12-14(2)3)18(29)10-8-17(6)26(33)34-19/h7-10,14,17,19-20,22-25,27-28,31-32H,11-13H2,1-6H3/b10-8?,15-7-,16-9?/t17-,19+,20+,22+,23-,24+,25+,27+/m0/s1. The molecule has 0 radical (unpaired) electrons. The third-order valence-electron chi connectivity index (χ3n) is 6.41. The first-order valence-corrected chi connectivity index (χ1v) is 12.6. The fraction of sp³-hybridized carbons (Fsp3) is 0.667. The lowest BCUT2D eigenvalue weighted by Gasteiger charge is -2.30. The molecule has 3 N–H and O–H groups in total. The van der Waals surface area contributed by atoms with Crippen LogP contribution in [0, 0.1) is 11.8 Å². The number of ketones is 1. The minimum Gasteiger partial charge on any atom is -0.457 e. The highest BCUT2D eigenvalue weighted by atomic mass is 16.7. The van der Waals surface area contributed by atoms with E-state index >= 15 is 0 Å². The van der Waals surface area contributed by atoms with Crippen molar-refractivity contribution in [2.24, 2.45) is 11.8 Å². The van der Waals surface area contributed by atoms with Gasteiger partial charge in [0.1, 0.15) is 30.5 Å². The highest BCUT2D eigenvalue weighted by Gasteiger charge is 2.46. The second kappa shape index (κ2) is 14.0. The summed E-state index contributed by atoms with van der Waals surface area (Å²) in [6.45, 7) is 10.0. The molecule has 0 saturated carbocycles. The normalized spacial score (nSPS) is 34.0. The molecule has 2 heterocycles. The first-order chi connectivity index (χ1) is 17.4. The maximum Gasteiger partial charge on any atom is 0.313 e. The van der Waals surface area contributed by atoms with Crippen LogP contribution in [0.2, 0.25) is 0 Å². The number of hydrogen-bond acceptors (Lipinski definition) is 10. The van der Waals surface area contributed by atoms with E-state index in [9.17, 15) is 29.7 Å². The average Bonchev–Trinajstić information content (AvgIpc) is 3.12. The Balaban J connectivity index is 2.53. The van der Waals surface area contributed by atoms with Crippen molar-refractivity contribution in [1.82, 2.24) is 0 Å². The van der Waals surface area contributed by atoms with Crippen LogP contribution < -0.4 is 0 Å². The van der Waals surface area contributed by atoms with E-state index in [2.05, 4.69) is 0 Å². The second-order valence-electron chi connectivity index (χ2n) is 9.96. The van der Waals surface area contributed by atoms with Crippen molar-refractivity contribution in [2.75, 3.05) is 6.61 Å². The number of carbonyl (C=O) groups excluding carboxylic acids is 3. The Morgan fingerprint density at radius 2 is 1.89 bits per heavy atom. The number of allylic oxidation sites excluding steroid dienone is 1. The molecule has 0 aromatic heterocycles. The Kier molecular flexibility index (Phi) is 11.6. The molecule has 0 spiro atoms. The molecule has 1 fully saturated rings. The SMILES string of the molecule is C/C=C(/C)[C@H]1CC=C(C)[C@@H](O[C@H]2O[C@H](CO)[C@@H](O)[C@@H]2O)[C@H](OC(=O)CC(C)C)C(=O)C=C[C@H](C)C(=O)O1. The Morgan fingerprint density at radius 3 is 2.46 bits per heavy atom. The van der Waals surface area contributed by atoms with Crippen LogP contribution in [-0.4, -0.2) is 82.6 Å². The maximum absolute atomic E-state index is 13.3. The Bertz CT molecular complexity index is 905. The third kappa shape index (κ3) is 8.31. The largest absolute Gasteiger partial charge is 0.457 e. The lowest BCUT2D eigenvalue weighted by Crippen LogP contribution is -2.45. The van der Waals surface area contributed by atoms with Crippen LogP contribution in [0.25, 0.3) is 0 Å². The van der Waals surface area contributed by atoms with E-state index < -0.39 is 73.2 Å². The van der Waals surface area contributed by atoms with Crippen molar-refractivity contribution in [1.29, 1.82) is 0 Å². The van der Waals surface area contributed by atoms with E-state index in [1.54, 1.807) is 19.9 Å². The Morgan fingerprint density at radius 1 is 1.22 bits per heavy atom. The van der Waals surface area contributed by atoms with Gasteiger partial charge >= 0.3 is 11.9 Å². The Labute approximate surface area is 217 Å². The van der Waals surface area contributed by atoms with Crippen molar-refractivity contribution in [3.8, 4) is 0 Å². The summed E-state index contributed by atoms with van der Waals surface area (Å²) in [5.41, 5.74) is 1.28. The van der Waals surface area contributed by atoms with Crippen molar-refractivity contribution >= 4 is 17.7 Å². The zero-order valence-electron chi connectivity index (χ0n) is 22.3. The summed E-state index contributed by atoms with van der Waals surface area (Å²) >= 11 is 0. The lowest BCUT2D eigenvalue weighted by molar-refractivity contribution is -0.208. The summed E-state index contributed by atoms with van der Waals surface area (Å²) in [7, 11) is 0. The highest BCUT2D eigenvalue weighted by molar-refractivity contribution is 5.96. The highest BCUT2D eigenvalue weighted by Crippen LogP contribution is 2.28. The fourth-order valence-corrected chi connectivity index (χ4v) is 3.91. The van der Waals surface area contributed by atoms with E-state index in [1.807, 2.05) is 33.8 Å². The zero-order chi connectivity index (χ0) is 27.9. The molecule has 37 heavy (non-hydrogen) atoms. The van der Waals surface area contributed by atoms with Gasteiger partial charge in [-0.3, -0.25) is 14.4 Å². The first-order valence-electron chi connectivity index (χ1n) is 12.6. The van der Waals surface area contributed by atoms with Crippen LogP contribution in [0.5, 0.6) is 0 Å². The molecule has 0 aromatic carbocycles. The molecule has 0 aliphatic carbocycles.